The largest absolute Gasteiger partial charge is 0.497 e. The molecule has 2 aromatic carbocycles. The van der Waals surface area contributed by atoms with Gasteiger partial charge in [-0.3, -0.25) is 4.90 Å². The van der Waals surface area contributed by atoms with Crippen LogP contribution in [0.3, 0.4) is 0 Å². The number of likely N-dealkylation sites (tertiary alicyclic amines) is 1. The Bertz CT molecular complexity index is 1290. The molecule has 0 spiro atoms. The third kappa shape index (κ3) is 6.60. The van der Waals surface area contributed by atoms with E-state index < -0.39 is 5.82 Å². The van der Waals surface area contributed by atoms with Crippen molar-refractivity contribution in [2.75, 3.05) is 33.0 Å². The van der Waals surface area contributed by atoms with E-state index in [2.05, 4.69) is 66.9 Å². The zero-order chi connectivity index (χ0) is 29.8. The van der Waals surface area contributed by atoms with Gasteiger partial charge in [-0.25, -0.2) is 4.39 Å². The van der Waals surface area contributed by atoms with Gasteiger partial charge in [0.2, 0.25) is 0 Å². The van der Waals surface area contributed by atoms with Crippen LogP contribution in [0.5, 0.6) is 11.5 Å². The van der Waals surface area contributed by atoms with Crippen LogP contribution in [0.2, 0.25) is 5.02 Å². The number of hydrogen-bond donors (Lipinski definition) is 0. The number of halogens is 2. The average Bonchev–Trinajstić information content (AvgIpc) is 2.99. The number of ether oxygens (including phenoxy) is 3. The number of piperidine rings is 1. The minimum absolute atomic E-state index is 0.00671. The van der Waals surface area contributed by atoms with Gasteiger partial charge in [0.15, 0.2) is 12.6 Å². The van der Waals surface area contributed by atoms with E-state index in [-0.39, 0.29) is 28.9 Å². The summed E-state index contributed by atoms with van der Waals surface area (Å²) in [7, 11) is 5.31. The summed E-state index contributed by atoms with van der Waals surface area (Å²) in [6, 6.07) is 15.2. The lowest BCUT2D eigenvalue weighted by atomic mass is 9.72. The molecule has 3 atom stereocenters. The van der Waals surface area contributed by atoms with Crippen LogP contribution in [0.25, 0.3) is 11.3 Å². The lowest BCUT2D eigenvalue weighted by Gasteiger charge is -2.59. The molecule has 1 aromatic heterocycles. The summed E-state index contributed by atoms with van der Waals surface area (Å²) in [5, 5.41) is 8.99. The molecule has 1 fully saturated rings. The van der Waals surface area contributed by atoms with Gasteiger partial charge in [0.1, 0.15) is 17.3 Å². The van der Waals surface area contributed by atoms with Gasteiger partial charge in [-0.1, -0.05) is 37.6 Å². The first-order valence-electron chi connectivity index (χ1n) is 14.2. The van der Waals surface area contributed by atoms with Crippen molar-refractivity contribution in [2.24, 2.45) is 0 Å². The molecule has 1 saturated heterocycles. The van der Waals surface area contributed by atoms with E-state index in [1.54, 1.807) is 7.11 Å². The van der Waals surface area contributed by atoms with Gasteiger partial charge in [-0.2, -0.15) is 0 Å². The quantitative estimate of drug-likeness (QED) is 0.218. The van der Waals surface area contributed by atoms with Crippen molar-refractivity contribution in [3.63, 3.8) is 0 Å². The molecule has 3 aromatic rings. The van der Waals surface area contributed by atoms with E-state index in [9.17, 15) is 4.39 Å². The Labute approximate surface area is 248 Å². The number of rotatable bonds is 11. The first-order chi connectivity index (χ1) is 19.6. The Balaban J connectivity index is 1.58. The lowest BCUT2D eigenvalue weighted by Crippen LogP contribution is -2.65. The highest BCUT2D eigenvalue weighted by Crippen LogP contribution is 2.45. The molecule has 1 aliphatic rings. The van der Waals surface area contributed by atoms with Crippen molar-refractivity contribution >= 4 is 17.4 Å². The predicted octanol–water partition coefficient (Wildman–Crippen LogP) is 7.37. The minimum atomic E-state index is -0.548. The Morgan fingerprint density at radius 3 is 2.20 bits per heavy atom. The van der Waals surface area contributed by atoms with Crippen LogP contribution < -0.4 is 14.4 Å². The minimum Gasteiger partial charge on any atom is -0.497 e. The van der Waals surface area contributed by atoms with Crippen LogP contribution in [0.15, 0.2) is 48.5 Å². The van der Waals surface area contributed by atoms with E-state index in [0.717, 1.165) is 43.8 Å². The molecule has 0 radical (unpaired) electrons. The number of methoxy groups -OCH3 is 2. The fraction of sp³-hybridized carbons (Fsp3) is 0.500. The maximum Gasteiger partial charge on any atom is 0.188 e. The fourth-order valence-electron chi connectivity index (χ4n) is 6.01. The van der Waals surface area contributed by atoms with E-state index in [1.807, 2.05) is 24.3 Å². The second kappa shape index (κ2) is 12.9. The standard InChI is InChI=1S/C32H42ClFN4O3/c1-8-31(3)18-23(19-32(4,9-2)38(31)20-22-10-12-24(40-7)13-11-22)37(5)30-15-14-28(35-36-30)25-16-27(34)26(33)17-29(25)41-21-39-6/h10-17,23H,8-9,18-21H2,1-7H3/t23-,31-,32+. The maximum absolute atomic E-state index is 14.3. The van der Waals surface area contributed by atoms with Crippen molar-refractivity contribution in [3.05, 3.63) is 64.9 Å². The van der Waals surface area contributed by atoms with Gasteiger partial charge in [0.05, 0.1) is 17.8 Å². The van der Waals surface area contributed by atoms with Crippen LogP contribution in [-0.2, 0) is 11.3 Å². The monoisotopic (exact) mass is 584 g/mol. The SMILES string of the molecule is CC[C@@]1(C)C[C@H](N(C)c2ccc(-c3cc(F)c(Cl)cc3OCOC)nn2)C[C@@](C)(CC)N1Cc1ccc(OC)cc1. The van der Waals surface area contributed by atoms with Gasteiger partial charge in [-0.05, 0) is 75.4 Å². The molecular formula is C32H42ClFN4O3. The molecule has 2 heterocycles. The summed E-state index contributed by atoms with van der Waals surface area (Å²) >= 11 is 6.00. The summed E-state index contributed by atoms with van der Waals surface area (Å²) in [6.45, 7) is 10.2. The Morgan fingerprint density at radius 2 is 1.66 bits per heavy atom. The number of aromatic nitrogens is 2. The van der Waals surface area contributed by atoms with Crippen LogP contribution in [0.4, 0.5) is 10.2 Å². The van der Waals surface area contributed by atoms with Gasteiger partial charge in [0, 0.05) is 49.5 Å². The third-order valence-electron chi connectivity index (χ3n) is 8.87. The van der Waals surface area contributed by atoms with E-state index in [4.69, 9.17) is 25.8 Å². The zero-order valence-corrected chi connectivity index (χ0v) is 26.0. The van der Waals surface area contributed by atoms with E-state index >= 15 is 0 Å². The molecule has 4 rings (SSSR count). The van der Waals surface area contributed by atoms with Gasteiger partial charge in [-0.15, -0.1) is 10.2 Å². The Morgan fingerprint density at radius 1 is 1.00 bits per heavy atom. The smallest absolute Gasteiger partial charge is 0.188 e. The third-order valence-corrected chi connectivity index (χ3v) is 9.16. The van der Waals surface area contributed by atoms with Crippen molar-refractivity contribution < 1.29 is 18.6 Å². The van der Waals surface area contributed by atoms with Crippen LogP contribution in [0, 0.1) is 5.82 Å². The molecule has 0 bridgehead atoms. The highest BCUT2D eigenvalue weighted by atomic mass is 35.5. The van der Waals surface area contributed by atoms with Crippen molar-refractivity contribution in [2.45, 2.75) is 77.0 Å². The van der Waals surface area contributed by atoms with Crippen LogP contribution >= 0.6 is 11.6 Å². The molecular weight excluding hydrogens is 543 g/mol. The molecule has 0 unspecified atom stereocenters. The molecule has 0 saturated carbocycles. The van der Waals surface area contributed by atoms with E-state index in [0.29, 0.717) is 17.0 Å². The highest BCUT2D eigenvalue weighted by Gasteiger charge is 2.49. The molecule has 41 heavy (non-hydrogen) atoms. The summed E-state index contributed by atoms with van der Waals surface area (Å²) in [4.78, 5) is 4.95. The fourth-order valence-corrected chi connectivity index (χ4v) is 6.17. The number of nitrogens with zero attached hydrogens (tertiary/aromatic N) is 4. The average molecular weight is 585 g/mol. The van der Waals surface area contributed by atoms with Crippen LogP contribution in [0.1, 0.15) is 58.9 Å². The van der Waals surface area contributed by atoms with Crippen LogP contribution in [-0.4, -0.2) is 60.3 Å². The summed E-state index contributed by atoms with van der Waals surface area (Å²) in [5.41, 5.74) is 2.23. The summed E-state index contributed by atoms with van der Waals surface area (Å²) < 4.78 is 30.4. The first-order valence-corrected chi connectivity index (χ1v) is 14.5. The predicted molar refractivity (Wildman–Crippen MR) is 162 cm³/mol. The molecule has 0 N–H and O–H groups in total. The normalized spacial score (nSPS) is 22.9. The van der Waals surface area contributed by atoms with Gasteiger partial charge < -0.3 is 19.1 Å². The number of hydrogen-bond acceptors (Lipinski definition) is 7. The highest BCUT2D eigenvalue weighted by molar-refractivity contribution is 6.31. The molecule has 1 aliphatic heterocycles. The van der Waals surface area contributed by atoms with Gasteiger partial charge >= 0.3 is 0 Å². The second-order valence-electron chi connectivity index (χ2n) is 11.4. The zero-order valence-electron chi connectivity index (χ0n) is 25.2. The van der Waals surface area contributed by atoms with Crippen molar-refractivity contribution in [3.8, 4) is 22.8 Å². The molecule has 222 valence electrons. The second-order valence-corrected chi connectivity index (χ2v) is 11.8. The van der Waals surface area contributed by atoms with Crippen molar-refractivity contribution in [1.29, 1.82) is 0 Å². The molecule has 0 aliphatic carbocycles. The molecule has 7 nitrogen and oxygen atoms in total. The van der Waals surface area contributed by atoms with E-state index in [1.165, 1.54) is 24.8 Å². The Hall–Kier alpha value is -2.94. The Kier molecular flexibility index (Phi) is 9.77. The topological polar surface area (TPSA) is 60.0 Å². The number of benzene rings is 2. The summed E-state index contributed by atoms with van der Waals surface area (Å²) in [5.74, 6) is 1.48. The molecule has 9 heteroatoms. The first kappa shape index (κ1) is 31.0. The van der Waals surface area contributed by atoms with Crippen molar-refractivity contribution in [1.82, 2.24) is 15.1 Å². The maximum atomic E-state index is 14.3. The summed E-state index contributed by atoms with van der Waals surface area (Å²) in [6.07, 6.45) is 4.04. The van der Waals surface area contributed by atoms with Gasteiger partial charge in [0.25, 0.3) is 0 Å². The lowest BCUT2D eigenvalue weighted by molar-refractivity contribution is -0.0659. The molecule has 0 amide bonds. The number of anilines is 1.